The summed E-state index contributed by atoms with van der Waals surface area (Å²) in [6, 6.07) is 2.86. The number of amides is 1. The first-order chi connectivity index (χ1) is 16.0. The van der Waals surface area contributed by atoms with Gasteiger partial charge in [0, 0.05) is 44.9 Å². The number of likely N-dealkylation sites (tertiary alicyclic amines) is 1. The molecular weight excluding hydrogens is 457 g/mol. The van der Waals surface area contributed by atoms with Crippen molar-refractivity contribution < 1.29 is 27.9 Å². The first-order valence-electron chi connectivity index (χ1n) is 10.9. The Balaban J connectivity index is 0.000000406. The number of H-pyrrole nitrogens is 1. The number of alkyl halides is 3. The zero-order chi connectivity index (χ0) is 25.1. The summed E-state index contributed by atoms with van der Waals surface area (Å²) in [4.78, 5) is 42.6. The summed E-state index contributed by atoms with van der Waals surface area (Å²) < 4.78 is 33.8. The number of carboxylic acids is 1. The molecule has 0 radical (unpaired) electrons. The minimum absolute atomic E-state index is 0.139. The van der Waals surface area contributed by atoms with Gasteiger partial charge in [-0.25, -0.2) is 14.9 Å². The van der Waals surface area contributed by atoms with Crippen LogP contribution < -0.4 is 5.56 Å². The molecule has 2 aromatic heterocycles. The van der Waals surface area contributed by atoms with Gasteiger partial charge >= 0.3 is 12.1 Å². The molecule has 10 nitrogen and oxygen atoms in total. The van der Waals surface area contributed by atoms with Crippen LogP contribution in [0.3, 0.4) is 0 Å². The van der Waals surface area contributed by atoms with Gasteiger partial charge in [-0.15, -0.1) is 0 Å². The van der Waals surface area contributed by atoms with Crippen LogP contribution in [-0.4, -0.2) is 78.9 Å². The molecule has 0 aliphatic carbocycles. The lowest BCUT2D eigenvalue weighted by Gasteiger charge is -2.44. The quantitative estimate of drug-likeness (QED) is 0.675. The van der Waals surface area contributed by atoms with Crippen molar-refractivity contribution in [2.75, 3.05) is 26.2 Å². The number of aromatic amines is 1. The van der Waals surface area contributed by atoms with E-state index in [2.05, 4.69) is 26.6 Å². The van der Waals surface area contributed by atoms with E-state index in [0.29, 0.717) is 6.54 Å². The third kappa shape index (κ3) is 5.13. The number of nitrogens with zero attached hydrogens (tertiary/aromatic N) is 5. The van der Waals surface area contributed by atoms with Crippen molar-refractivity contribution in [2.45, 2.75) is 44.3 Å². The van der Waals surface area contributed by atoms with E-state index in [1.165, 1.54) is 17.8 Å². The summed E-state index contributed by atoms with van der Waals surface area (Å²) in [5.74, 6) is -2.90. The number of aliphatic carboxylic acids is 1. The maximum absolute atomic E-state index is 13.3. The minimum atomic E-state index is -5.08. The molecule has 0 aromatic carbocycles. The molecule has 1 spiro atoms. The van der Waals surface area contributed by atoms with E-state index in [9.17, 15) is 22.8 Å². The van der Waals surface area contributed by atoms with Crippen molar-refractivity contribution >= 4 is 11.9 Å². The number of fused-ring (bicyclic) bond motifs is 2. The van der Waals surface area contributed by atoms with Crippen LogP contribution in [0.2, 0.25) is 0 Å². The number of carboxylic acid groups (broad SMARTS) is 1. The van der Waals surface area contributed by atoms with E-state index in [1.54, 1.807) is 0 Å². The Kier molecular flexibility index (Phi) is 7.44. The molecule has 4 heterocycles. The molecule has 2 aliphatic heterocycles. The van der Waals surface area contributed by atoms with Crippen molar-refractivity contribution in [3.63, 3.8) is 0 Å². The molecule has 4 rings (SSSR count). The number of nitrogens with one attached hydrogen (secondary N) is 1. The number of unbranched alkanes of at least 4 members (excludes halogenated alkanes) is 1. The summed E-state index contributed by atoms with van der Waals surface area (Å²) in [5.41, 5.74) is 1.79. The number of hydrogen-bond donors (Lipinski definition) is 2. The first-order valence-corrected chi connectivity index (χ1v) is 10.9. The lowest BCUT2D eigenvalue weighted by atomic mass is 9.85. The smallest absolute Gasteiger partial charge is 0.475 e. The van der Waals surface area contributed by atoms with Crippen LogP contribution in [-0.2, 0) is 23.8 Å². The van der Waals surface area contributed by atoms with Crippen LogP contribution in [0.1, 0.15) is 48.1 Å². The zero-order valence-electron chi connectivity index (χ0n) is 18.9. The van der Waals surface area contributed by atoms with Gasteiger partial charge in [-0.1, -0.05) is 13.3 Å². The van der Waals surface area contributed by atoms with Crippen molar-refractivity contribution in [3.05, 3.63) is 45.9 Å². The van der Waals surface area contributed by atoms with E-state index in [0.717, 1.165) is 51.0 Å². The number of rotatable bonds is 4. The number of hydrogen-bond acceptors (Lipinski definition) is 6. The Hall–Kier alpha value is -3.22. The lowest BCUT2D eigenvalue weighted by molar-refractivity contribution is -0.192. The van der Waals surface area contributed by atoms with Crippen molar-refractivity contribution in [1.82, 2.24) is 29.5 Å². The highest BCUT2D eigenvalue weighted by Gasteiger charge is 2.51. The van der Waals surface area contributed by atoms with Crippen LogP contribution in [0.25, 0.3) is 0 Å². The fraction of sp³-hybridized carbons (Fsp3) is 0.571. The number of halogens is 3. The van der Waals surface area contributed by atoms with Gasteiger partial charge in [0.2, 0.25) is 0 Å². The highest BCUT2D eigenvalue weighted by molar-refractivity contribution is 5.93. The molecule has 1 fully saturated rings. The molecule has 1 unspecified atom stereocenters. The molecular formula is C21H27F3N6O4. The molecule has 186 valence electrons. The number of aryl methyl sites for hydroxylation is 1. The monoisotopic (exact) mass is 484 g/mol. The summed E-state index contributed by atoms with van der Waals surface area (Å²) >= 11 is 0. The van der Waals surface area contributed by atoms with E-state index in [1.807, 2.05) is 18.3 Å². The number of carbonyl (C=O) groups is 2. The Morgan fingerprint density at radius 3 is 2.56 bits per heavy atom. The molecule has 2 N–H and O–H groups in total. The van der Waals surface area contributed by atoms with E-state index in [-0.39, 0.29) is 17.2 Å². The molecule has 2 aromatic rings. The van der Waals surface area contributed by atoms with Gasteiger partial charge < -0.3 is 19.5 Å². The summed E-state index contributed by atoms with van der Waals surface area (Å²) in [7, 11) is 2.02. The van der Waals surface area contributed by atoms with Gasteiger partial charge in [0.05, 0.1) is 12.0 Å². The minimum Gasteiger partial charge on any atom is -0.475 e. The fourth-order valence-corrected chi connectivity index (χ4v) is 4.45. The molecule has 34 heavy (non-hydrogen) atoms. The molecule has 1 saturated heterocycles. The number of aromatic nitrogens is 4. The highest BCUT2D eigenvalue weighted by Crippen LogP contribution is 2.42. The molecule has 1 amide bonds. The van der Waals surface area contributed by atoms with Crippen LogP contribution >= 0.6 is 0 Å². The Bertz CT molecular complexity index is 1080. The van der Waals surface area contributed by atoms with Crippen molar-refractivity contribution in [1.29, 1.82) is 0 Å². The first kappa shape index (κ1) is 25.4. The third-order valence-electron chi connectivity index (χ3n) is 6.13. The van der Waals surface area contributed by atoms with Crippen LogP contribution in [0.15, 0.2) is 23.3 Å². The van der Waals surface area contributed by atoms with Crippen molar-refractivity contribution in [2.24, 2.45) is 7.05 Å². The van der Waals surface area contributed by atoms with Gasteiger partial charge in [-0.05, 0) is 25.5 Å². The maximum atomic E-state index is 13.3. The van der Waals surface area contributed by atoms with Crippen molar-refractivity contribution in [3.8, 4) is 0 Å². The van der Waals surface area contributed by atoms with Gasteiger partial charge in [0.25, 0.3) is 11.5 Å². The standard InChI is InChI=1S/C19H26N6O2.C2HF3O2/c1-3-4-9-24-11-8-19(12-24)17-15(23(2)13-20-17)7-10-25(19)18(27)14-5-6-16(26)22-21-14;3-2(4,5)1(6)7/h5-6,13H,3-4,7-12H2,1-2H3,(H,22,26);(H,6,7). The predicted molar refractivity (Wildman–Crippen MR) is 114 cm³/mol. The highest BCUT2D eigenvalue weighted by atomic mass is 19.4. The number of imidazole rings is 1. The summed E-state index contributed by atoms with van der Waals surface area (Å²) in [6.45, 7) is 5.62. The molecule has 0 bridgehead atoms. The Labute approximate surface area is 193 Å². The normalized spacial score (nSPS) is 20.1. The third-order valence-corrected chi connectivity index (χ3v) is 6.13. The topological polar surface area (TPSA) is 124 Å². The SMILES string of the molecule is CCCCN1CCC2(C1)c1ncn(C)c1CCN2C(=O)c1ccc(=O)[nH]n1.O=C(O)C(F)(F)F. The number of carbonyl (C=O) groups excluding carboxylic acids is 1. The van der Waals surface area contributed by atoms with Gasteiger partial charge in [-0.2, -0.15) is 18.3 Å². The predicted octanol–water partition coefficient (Wildman–Crippen LogP) is 1.54. The second-order valence-electron chi connectivity index (χ2n) is 8.38. The van der Waals surface area contributed by atoms with E-state index < -0.39 is 17.7 Å². The second-order valence-corrected chi connectivity index (χ2v) is 8.38. The van der Waals surface area contributed by atoms with E-state index in [4.69, 9.17) is 14.9 Å². The Morgan fingerprint density at radius 2 is 1.97 bits per heavy atom. The van der Waals surface area contributed by atoms with E-state index >= 15 is 0 Å². The summed E-state index contributed by atoms with van der Waals surface area (Å²) in [5, 5.41) is 13.5. The van der Waals surface area contributed by atoms with Gasteiger partial charge in [0.15, 0.2) is 0 Å². The average molecular weight is 484 g/mol. The molecule has 13 heteroatoms. The molecule has 2 aliphatic rings. The zero-order valence-corrected chi connectivity index (χ0v) is 18.9. The Morgan fingerprint density at radius 1 is 1.26 bits per heavy atom. The lowest BCUT2D eigenvalue weighted by Crippen LogP contribution is -2.55. The average Bonchev–Trinajstić information content (AvgIpc) is 3.37. The van der Waals surface area contributed by atoms with Crippen LogP contribution in [0.4, 0.5) is 13.2 Å². The molecule has 1 atom stereocenters. The van der Waals surface area contributed by atoms with Gasteiger partial charge in [0.1, 0.15) is 11.2 Å². The second kappa shape index (κ2) is 9.95. The maximum Gasteiger partial charge on any atom is 0.490 e. The fourth-order valence-electron chi connectivity index (χ4n) is 4.45. The van der Waals surface area contributed by atoms with Gasteiger partial charge in [-0.3, -0.25) is 9.59 Å². The van der Waals surface area contributed by atoms with Crippen LogP contribution in [0, 0.1) is 0 Å². The largest absolute Gasteiger partial charge is 0.490 e. The molecule has 0 saturated carbocycles. The van der Waals surface area contributed by atoms with Crippen LogP contribution in [0.5, 0.6) is 0 Å². The summed E-state index contributed by atoms with van der Waals surface area (Å²) in [6.07, 6.45) is 0.726.